The highest BCUT2D eigenvalue weighted by atomic mass is 16.5. The van der Waals surface area contributed by atoms with E-state index in [0.717, 1.165) is 43.2 Å². The molecule has 0 saturated carbocycles. The molecule has 1 aromatic carbocycles. The van der Waals surface area contributed by atoms with Crippen molar-refractivity contribution in [2.75, 3.05) is 46.0 Å². The number of hydrogen-bond acceptors (Lipinski definition) is 5. The van der Waals surface area contributed by atoms with Gasteiger partial charge in [0.1, 0.15) is 11.5 Å². The van der Waals surface area contributed by atoms with Crippen LogP contribution in [0.15, 0.2) is 18.2 Å². The summed E-state index contributed by atoms with van der Waals surface area (Å²) in [4.78, 5) is 4.85. The van der Waals surface area contributed by atoms with Crippen molar-refractivity contribution in [3.63, 3.8) is 0 Å². The van der Waals surface area contributed by atoms with Crippen molar-refractivity contribution in [2.24, 2.45) is 0 Å². The molecular formula is C19H32N2O3. The van der Waals surface area contributed by atoms with Crippen LogP contribution in [0.25, 0.3) is 0 Å². The maximum absolute atomic E-state index is 10.1. The first-order valence-electron chi connectivity index (χ1n) is 9.13. The number of likely N-dealkylation sites (N-methyl/N-ethyl adjacent to an activating group) is 1. The first kappa shape index (κ1) is 19.0. The lowest BCUT2D eigenvalue weighted by atomic mass is 10.0. The molecule has 2 unspecified atom stereocenters. The van der Waals surface area contributed by atoms with Crippen molar-refractivity contribution < 1.29 is 14.6 Å². The van der Waals surface area contributed by atoms with Gasteiger partial charge in [-0.1, -0.05) is 6.92 Å². The van der Waals surface area contributed by atoms with E-state index in [1.54, 1.807) is 0 Å². The van der Waals surface area contributed by atoms with E-state index in [4.69, 9.17) is 9.47 Å². The number of benzene rings is 1. The standard InChI is InChI=1S/C19H32N2O3/c1-5-20-10-11-21(13-15(20)4)18(14-22)17-9-8-16(23-6-2)12-19(17)24-7-3/h8-9,12,15,18,22H,5-7,10-11,13-14H2,1-4H3. The van der Waals surface area contributed by atoms with Gasteiger partial charge in [-0.05, 0) is 39.4 Å². The van der Waals surface area contributed by atoms with Crippen molar-refractivity contribution in [2.45, 2.75) is 39.8 Å². The maximum atomic E-state index is 10.1. The summed E-state index contributed by atoms with van der Waals surface area (Å²) in [5, 5.41) is 10.1. The molecule has 24 heavy (non-hydrogen) atoms. The largest absolute Gasteiger partial charge is 0.494 e. The van der Waals surface area contributed by atoms with Gasteiger partial charge in [0.2, 0.25) is 0 Å². The average molecular weight is 336 g/mol. The topological polar surface area (TPSA) is 45.2 Å². The lowest BCUT2D eigenvalue weighted by molar-refractivity contribution is 0.0357. The fourth-order valence-electron chi connectivity index (χ4n) is 3.51. The Kier molecular flexibility index (Phi) is 7.34. The monoisotopic (exact) mass is 336 g/mol. The first-order valence-corrected chi connectivity index (χ1v) is 9.13. The van der Waals surface area contributed by atoms with E-state index in [1.807, 2.05) is 32.0 Å². The van der Waals surface area contributed by atoms with Crippen molar-refractivity contribution in [1.29, 1.82) is 0 Å². The molecule has 0 bridgehead atoms. The fourth-order valence-corrected chi connectivity index (χ4v) is 3.51. The van der Waals surface area contributed by atoms with E-state index in [1.165, 1.54) is 0 Å². The Hall–Kier alpha value is -1.30. The van der Waals surface area contributed by atoms with Crippen molar-refractivity contribution in [3.8, 4) is 11.5 Å². The quantitative estimate of drug-likeness (QED) is 0.790. The molecule has 1 heterocycles. The molecule has 1 aliphatic heterocycles. The Labute approximate surface area is 146 Å². The summed E-state index contributed by atoms with van der Waals surface area (Å²) in [7, 11) is 0. The lowest BCUT2D eigenvalue weighted by Gasteiger charge is -2.42. The van der Waals surface area contributed by atoms with Crippen LogP contribution in [0, 0.1) is 0 Å². The van der Waals surface area contributed by atoms with Crippen LogP contribution >= 0.6 is 0 Å². The summed E-state index contributed by atoms with van der Waals surface area (Å²) < 4.78 is 11.4. The highest BCUT2D eigenvalue weighted by Gasteiger charge is 2.29. The second-order valence-corrected chi connectivity index (χ2v) is 6.24. The summed E-state index contributed by atoms with van der Waals surface area (Å²) in [6, 6.07) is 6.40. The number of aliphatic hydroxyl groups is 1. The molecule has 136 valence electrons. The number of rotatable bonds is 8. The Morgan fingerprint density at radius 2 is 1.92 bits per heavy atom. The Morgan fingerprint density at radius 1 is 1.17 bits per heavy atom. The zero-order chi connectivity index (χ0) is 17.5. The van der Waals surface area contributed by atoms with Gasteiger partial charge in [-0.25, -0.2) is 0 Å². The molecule has 1 N–H and O–H groups in total. The molecular weight excluding hydrogens is 304 g/mol. The van der Waals surface area contributed by atoms with Gasteiger partial charge in [-0.15, -0.1) is 0 Å². The Balaban J connectivity index is 2.23. The van der Waals surface area contributed by atoms with Crippen LogP contribution in [0.5, 0.6) is 11.5 Å². The van der Waals surface area contributed by atoms with Gasteiger partial charge in [0, 0.05) is 37.3 Å². The summed E-state index contributed by atoms with van der Waals surface area (Å²) >= 11 is 0. The van der Waals surface area contributed by atoms with Gasteiger partial charge in [-0.2, -0.15) is 0 Å². The van der Waals surface area contributed by atoms with Crippen LogP contribution in [0.2, 0.25) is 0 Å². The second kappa shape index (κ2) is 9.25. The fraction of sp³-hybridized carbons (Fsp3) is 0.684. The summed E-state index contributed by atoms with van der Waals surface area (Å²) in [5.74, 6) is 1.62. The van der Waals surface area contributed by atoms with Gasteiger partial charge in [0.25, 0.3) is 0 Å². The van der Waals surface area contributed by atoms with Crippen LogP contribution < -0.4 is 9.47 Å². The van der Waals surface area contributed by atoms with Crippen LogP contribution in [-0.4, -0.2) is 66.9 Å². The van der Waals surface area contributed by atoms with E-state index < -0.39 is 0 Å². The third kappa shape index (κ3) is 4.41. The molecule has 5 nitrogen and oxygen atoms in total. The smallest absolute Gasteiger partial charge is 0.127 e. The molecule has 2 atom stereocenters. The first-order chi connectivity index (χ1) is 11.6. The van der Waals surface area contributed by atoms with E-state index in [-0.39, 0.29) is 12.6 Å². The van der Waals surface area contributed by atoms with Crippen molar-refractivity contribution >= 4 is 0 Å². The minimum atomic E-state index is -0.0383. The maximum Gasteiger partial charge on any atom is 0.127 e. The van der Waals surface area contributed by atoms with Crippen LogP contribution in [0.4, 0.5) is 0 Å². The highest BCUT2D eigenvalue weighted by Crippen LogP contribution is 2.34. The number of aliphatic hydroxyl groups excluding tert-OH is 1. The van der Waals surface area contributed by atoms with Gasteiger partial charge >= 0.3 is 0 Å². The van der Waals surface area contributed by atoms with Gasteiger partial charge in [0.15, 0.2) is 0 Å². The van der Waals surface area contributed by atoms with E-state index >= 15 is 0 Å². The third-order valence-corrected chi connectivity index (χ3v) is 4.77. The zero-order valence-electron chi connectivity index (χ0n) is 15.5. The molecule has 2 rings (SSSR count). The van der Waals surface area contributed by atoms with E-state index in [0.29, 0.717) is 19.3 Å². The Bertz CT molecular complexity index is 509. The SMILES string of the molecule is CCOc1ccc(C(CO)N2CCN(CC)C(C)C2)c(OCC)c1. The molecule has 0 spiro atoms. The predicted molar refractivity (Wildman–Crippen MR) is 96.9 cm³/mol. The van der Waals surface area contributed by atoms with Gasteiger partial charge < -0.3 is 14.6 Å². The van der Waals surface area contributed by atoms with E-state index in [2.05, 4.69) is 23.6 Å². The average Bonchev–Trinajstić information content (AvgIpc) is 2.58. The summed E-state index contributed by atoms with van der Waals surface area (Å²) in [6.45, 7) is 13.8. The number of ether oxygens (including phenoxy) is 2. The molecule has 1 saturated heterocycles. The minimum Gasteiger partial charge on any atom is -0.494 e. The lowest BCUT2D eigenvalue weighted by Crippen LogP contribution is -2.53. The van der Waals surface area contributed by atoms with Crippen LogP contribution in [-0.2, 0) is 0 Å². The van der Waals surface area contributed by atoms with Crippen LogP contribution in [0.1, 0.15) is 39.3 Å². The molecule has 0 aromatic heterocycles. The normalized spacial score (nSPS) is 20.8. The van der Waals surface area contributed by atoms with Gasteiger partial charge in [-0.3, -0.25) is 9.80 Å². The number of hydrogen-bond donors (Lipinski definition) is 1. The minimum absolute atomic E-state index is 0.0383. The molecule has 1 fully saturated rings. The molecule has 5 heteroatoms. The summed E-state index contributed by atoms with van der Waals surface area (Å²) in [6.07, 6.45) is 0. The molecule has 0 aliphatic carbocycles. The highest BCUT2D eigenvalue weighted by molar-refractivity contribution is 5.42. The number of nitrogens with zero attached hydrogens (tertiary/aromatic N) is 2. The predicted octanol–water partition coefficient (Wildman–Crippen LogP) is 2.54. The van der Waals surface area contributed by atoms with Gasteiger partial charge in [0.05, 0.1) is 25.9 Å². The molecule has 1 aromatic rings. The van der Waals surface area contributed by atoms with Crippen LogP contribution in [0.3, 0.4) is 0 Å². The molecule has 1 aliphatic rings. The Morgan fingerprint density at radius 3 is 2.50 bits per heavy atom. The van der Waals surface area contributed by atoms with Crippen molar-refractivity contribution in [1.82, 2.24) is 9.80 Å². The second-order valence-electron chi connectivity index (χ2n) is 6.24. The van der Waals surface area contributed by atoms with Crippen molar-refractivity contribution in [3.05, 3.63) is 23.8 Å². The summed E-state index contributed by atoms with van der Waals surface area (Å²) in [5.41, 5.74) is 1.04. The third-order valence-electron chi connectivity index (χ3n) is 4.77. The number of piperazine rings is 1. The molecule has 0 radical (unpaired) electrons. The van der Waals surface area contributed by atoms with E-state index in [9.17, 15) is 5.11 Å². The molecule has 0 amide bonds. The zero-order valence-corrected chi connectivity index (χ0v) is 15.5.